The van der Waals surface area contributed by atoms with E-state index < -0.39 is 0 Å². The molecule has 1 aliphatic rings. The van der Waals surface area contributed by atoms with E-state index in [9.17, 15) is 4.39 Å². The van der Waals surface area contributed by atoms with Crippen LogP contribution in [0.1, 0.15) is 52.0 Å². The molecule has 0 saturated heterocycles. The van der Waals surface area contributed by atoms with E-state index in [-0.39, 0.29) is 5.82 Å². The number of hydrogen-bond donors (Lipinski definition) is 1. The third kappa shape index (κ3) is 3.72. The van der Waals surface area contributed by atoms with Crippen LogP contribution < -0.4 is 10.2 Å². The largest absolute Gasteiger partial charge is 0.369 e. The highest BCUT2D eigenvalue weighted by atomic mass is 19.1. The molecule has 20 heavy (non-hydrogen) atoms. The van der Waals surface area contributed by atoms with E-state index >= 15 is 0 Å². The predicted molar refractivity (Wildman–Crippen MR) is 83.7 cm³/mol. The maximum Gasteiger partial charge on any atom is 0.123 e. The first-order valence-corrected chi connectivity index (χ1v) is 7.90. The Hall–Kier alpha value is -1.09. The Morgan fingerprint density at radius 3 is 2.60 bits per heavy atom. The molecule has 1 aromatic carbocycles. The first-order chi connectivity index (χ1) is 9.61. The standard InChI is InChI=1S/C17H27FN2/c1-4-20(16-7-5-6-8-16)17-10-9-15(18)11-14(17)12-19-13(2)3/h9-11,13,16,19H,4-8,12H2,1-3H3. The molecule has 0 spiro atoms. The molecule has 112 valence electrons. The van der Waals surface area contributed by atoms with Gasteiger partial charge in [-0.15, -0.1) is 0 Å². The van der Waals surface area contributed by atoms with Crippen molar-refractivity contribution in [1.29, 1.82) is 0 Å². The maximum absolute atomic E-state index is 13.6. The molecule has 0 bridgehead atoms. The Labute approximate surface area is 122 Å². The monoisotopic (exact) mass is 278 g/mol. The van der Waals surface area contributed by atoms with Gasteiger partial charge in [-0.3, -0.25) is 0 Å². The minimum Gasteiger partial charge on any atom is -0.369 e. The summed E-state index contributed by atoms with van der Waals surface area (Å²) in [6, 6.07) is 6.26. The van der Waals surface area contributed by atoms with Gasteiger partial charge in [-0.1, -0.05) is 26.7 Å². The normalized spacial score (nSPS) is 16.1. The summed E-state index contributed by atoms with van der Waals surface area (Å²) >= 11 is 0. The average molecular weight is 278 g/mol. The fourth-order valence-electron chi connectivity index (χ4n) is 3.13. The van der Waals surface area contributed by atoms with E-state index in [1.54, 1.807) is 12.1 Å². The minimum atomic E-state index is -0.142. The van der Waals surface area contributed by atoms with Crippen molar-refractivity contribution in [2.45, 2.75) is 65.1 Å². The van der Waals surface area contributed by atoms with E-state index in [0.717, 1.165) is 18.7 Å². The second-order valence-corrected chi connectivity index (χ2v) is 6.03. The summed E-state index contributed by atoms with van der Waals surface area (Å²) in [5.74, 6) is -0.142. The molecule has 1 aliphatic carbocycles. The Balaban J connectivity index is 2.23. The van der Waals surface area contributed by atoms with Gasteiger partial charge in [0.15, 0.2) is 0 Å². The first-order valence-electron chi connectivity index (χ1n) is 7.90. The van der Waals surface area contributed by atoms with Crippen molar-refractivity contribution >= 4 is 5.69 Å². The van der Waals surface area contributed by atoms with Crippen LogP contribution in [-0.4, -0.2) is 18.6 Å². The molecule has 3 heteroatoms. The van der Waals surface area contributed by atoms with E-state index in [4.69, 9.17) is 0 Å². The smallest absolute Gasteiger partial charge is 0.123 e. The van der Waals surface area contributed by atoms with Crippen molar-refractivity contribution in [1.82, 2.24) is 5.32 Å². The van der Waals surface area contributed by atoms with Gasteiger partial charge in [0.05, 0.1) is 0 Å². The Bertz CT molecular complexity index is 425. The molecule has 1 saturated carbocycles. The van der Waals surface area contributed by atoms with Gasteiger partial charge in [-0.25, -0.2) is 4.39 Å². The maximum atomic E-state index is 13.6. The zero-order valence-electron chi connectivity index (χ0n) is 13.0. The lowest BCUT2D eigenvalue weighted by molar-refractivity contribution is 0.572. The van der Waals surface area contributed by atoms with Crippen LogP contribution in [0.2, 0.25) is 0 Å². The van der Waals surface area contributed by atoms with Crippen LogP contribution in [0.15, 0.2) is 18.2 Å². The van der Waals surface area contributed by atoms with Gasteiger partial charge in [0.1, 0.15) is 5.82 Å². The quantitative estimate of drug-likeness (QED) is 0.843. The Kier molecular flexibility index (Phi) is 5.41. The van der Waals surface area contributed by atoms with Gasteiger partial charge in [-0.05, 0) is 43.5 Å². The average Bonchev–Trinajstić information content (AvgIpc) is 2.93. The van der Waals surface area contributed by atoms with Crippen molar-refractivity contribution in [3.63, 3.8) is 0 Å². The third-order valence-corrected chi connectivity index (χ3v) is 4.16. The fourth-order valence-corrected chi connectivity index (χ4v) is 3.13. The minimum absolute atomic E-state index is 0.142. The summed E-state index contributed by atoms with van der Waals surface area (Å²) in [7, 11) is 0. The molecule has 0 radical (unpaired) electrons. The summed E-state index contributed by atoms with van der Waals surface area (Å²) < 4.78 is 13.6. The molecule has 1 fully saturated rings. The zero-order chi connectivity index (χ0) is 14.5. The van der Waals surface area contributed by atoms with Crippen molar-refractivity contribution in [3.8, 4) is 0 Å². The number of rotatable bonds is 6. The SMILES string of the molecule is CCN(c1ccc(F)cc1CNC(C)C)C1CCCC1. The highest BCUT2D eigenvalue weighted by Gasteiger charge is 2.23. The van der Waals surface area contributed by atoms with Crippen LogP contribution in [-0.2, 0) is 6.54 Å². The summed E-state index contributed by atoms with van der Waals surface area (Å²) in [4.78, 5) is 2.46. The molecule has 2 rings (SSSR count). The highest BCUT2D eigenvalue weighted by Crippen LogP contribution is 2.30. The van der Waals surface area contributed by atoms with Gasteiger partial charge in [0, 0.05) is 30.9 Å². The van der Waals surface area contributed by atoms with Gasteiger partial charge < -0.3 is 10.2 Å². The second kappa shape index (κ2) is 7.07. The molecule has 0 aromatic heterocycles. The highest BCUT2D eigenvalue weighted by molar-refractivity contribution is 5.54. The van der Waals surface area contributed by atoms with E-state index in [1.165, 1.54) is 31.4 Å². The van der Waals surface area contributed by atoms with Crippen molar-refractivity contribution in [2.24, 2.45) is 0 Å². The van der Waals surface area contributed by atoms with Gasteiger partial charge in [-0.2, -0.15) is 0 Å². The van der Waals surface area contributed by atoms with Gasteiger partial charge in [0.2, 0.25) is 0 Å². The molecule has 0 heterocycles. The lowest BCUT2D eigenvalue weighted by Crippen LogP contribution is -2.34. The van der Waals surface area contributed by atoms with Gasteiger partial charge >= 0.3 is 0 Å². The van der Waals surface area contributed by atoms with Crippen LogP contribution in [0.25, 0.3) is 0 Å². The van der Waals surface area contributed by atoms with E-state index in [1.807, 2.05) is 6.07 Å². The summed E-state index contributed by atoms with van der Waals surface area (Å²) in [6.07, 6.45) is 5.18. The Morgan fingerprint density at radius 1 is 1.30 bits per heavy atom. The molecule has 0 amide bonds. The molecule has 2 nitrogen and oxygen atoms in total. The van der Waals surface area contributed by atoms with Crippen molar-refractivity contribution in [2.75, 3.05) is 11.4 Å². The summed E-state index contributed by atoms with van der Waals surface area (Å²) in [6.45, 7) is 8.15. The summed E-state index contributed by atoms with van der Waals surface area (Å²) in [5.41, 5.74) is 2.28. The van der Waals surface area contributed by atoms with Crippen molar-refractivity contribution in [3.05, 3.63) is 29.6 Å². The molecular formula is C17H27FN2. The topological polar surface area (TPSA) is 15.3 Å². The number of halogens is 1. The lowest BCUT2D eigenvalue weighted by atomic mass is 10.1. The van der Waals surface area contributed by atoms with Gasteiger partial charge in [0.25, 0.3) is 0 Å². The van der Waals surface area contributed by atoms with Crippen LogP contribution in [0.4, 0.5) is 10.1 Å². The molecule has 0 unspecified atom stereocenters. The van der Waals surface area contributed by atoms with E-state index in [2.05, 4.69) is 31.0 Å². The zero-order valence-corrected chi connectivity index (χ0v) is 13.0. The predicted octanol–water partition coefficient (Wildman–Crippen LogP) is 4.09. The molecule has 1 aromatic rings. The van der Waals surface area contributed by atoms with Crippen LogP contribution >= 0.6 is 0 Å². The number of hydrogen-bond acceptors (Lipinski definition) is 2. The van der Waals surface area contributed by atoms with Crippen LogP contribution in [0.3, 0.4) is 0 Å². The number of nitrogens with one attached hydrogen (secondary N) is 1. The molecule has 0 atom stereocenters. The van der Waals surface area contributed by atoms with Crippen molar-refractivity contribution < 1.29 is 4.39 Å². The lowest BCUT2D eigenvalue weighted by Gasteiger charge is -2.32. The van der Waals surface area contributed by atoms with Crippen LogP contribution in [0, 0.1) is 5.82 Å². The third-order valence-electron chi connectivity index (χ3n) is 4.16. The fraction of sp³-hybridized carbons (Fsp3) is 0.647. The molecule has 1 N–H and O–H groups in total. The number of nitrogens with zero attached hydrogens (tertiary/aromatic N) is 1. The number of anilines is 1. The number of benzene rings is 1. The second-order valence-electron chi connectivity index (χ2n) is 6.03. The summed E-state index contributed by atoms with van der Waals surface area (Å²) in [5, 5.41) is 3.41. The first kappa shape index (κ1) is 15.3. The molecule has 0 aliphatic heterocycles. The molecular weight excluding hydrogens is 251 g/mol. The van der Waals surface area contributed by atoms with E-state index in [0.29, 0.717) is 12.1 Å². The van der Waals surface area contributed by atoms with Crippen LogP contribution in [0.5, 0.6) is 0 Å². The Morgan fingerprint density at radius 2 is 2.00 bits per heavy atom.